The SMILES string of the molecule is Cc1cc(N)cc2nc(C(F)(F)F)[nH]c12. The van der Waals surface area contributed by atoms with Crippen LogP contribution >= 0.6 is 0 Å². The lowest BCUT2D eigenvalue weighted by molar-refractivity contribution is -0.144. The monoisotopic (exact) mass is 215 g/mol. The summed E-state index contributed by atoms with van der Waals surface area (Å²) in [5.41, 5.74) is 7.16. The van der Waals surface area contributed by atoms with Gasteiger partial charge in [0.25, 0.3) is 0 Å². The molecule has 0 unspecified atom stereocenters. The van der Waals surface area contributed by atoms with Crippen molar-refractivity contribution in [3.63, 3.8) is 0 Å². The lowest BCUT2D eigenvalue weighted by Gasteiger charge is -1.99. The minimum absolute atomic E-state index is 0.236. The number of alkyl halides is 3. The van der Waals surface area contributed by atoms with Crippen molar-refractivity contribution in [2.75, 3.05) is 5.73 Å². The molecule has 1 aromatic carbocycles. The van der Waals surface area contributed by atoms with Gasteiger partial charge >= 0.3 is 6.18 Å². The van der Waals surface area contributed by atoms with E-state index in [9.17, 15) is 13.2 Å². The number of halogens is 3. The van der Waals surface area contributed by atoms with Gasteiger partial charge in [0.15, 0.2) is 0 Å². The number of nitrogens with zero attached hydrogens (tertiary/aromatic N) is 1. The van der Waals surface area contributed by atoms with Crippen LogP contribution in [0.2, 0.25) is 0 Å². The highest BCUT2D eigenvalue weighted by Gasteiger charge is 2.34. The quantitative estimate of drug-likeness (QED) is 0.663. The van der Waals surface area contributed by atoms with Gasteiger partial charge in [-0.25, -0.2) is 4.98 Å². The van der Waals surface area contributed by atoms with E-state index in [1.54, 1.807) is 13.0 Å². The van der Waals surface area contributed by atoms with Gasteiger partial charge in [-0.3, -0.25) is 0 Å². The molecule has 0 saturated carbocycles. The molecule has 80 valence electrons. The van der Waals surface area contributed by atoms with Crippen molar-refractivity contribution < 1.29 is 13.2 Å². The van der Waals surface area contributed by atoms with Gasteiger partial charge < -0.3 is 10.7 Å². The van der Waals surface area contributed by atoms with Crippen molar-refractivity contribution in [2.24, 2.45) is 0 Å². The highest BCUT2D eigenvalue weighted by Crippen LogP contribution is 2.30. The summed E-state index contributed by atoms with van der Waals surface area (Å²) in [5.74, 6) is -0.994. The number of rotatable bonds is 0. The number of aromatic amines is 1. The Hall–Kier alpha value is -1.72. The van der Waals surface area contributed by atoms with E-state index < -0.39 is 12.0 Å². The molecule has 0 atom stereocenters. The second kappa shape index (κ2) is 2.88. The Morgan fingerprint density at radius 2 is 2.00 bits per heavy atom. The maximum Gasteiger partial charge on any atom is 0.449 e. The Morgan fingerprint density at radius 3 is 2.60 bits per heavy atom. The Balaban J connectivity index is 2.71. The molecule has 0 spiro atoms. The van der Waals surface area contributed by atoms with Gasteiger partial charge in [-0.05, 0) is 24.6 Å². The Labute approximate surface area is 83.1 Å². The average molecular weight is 215 g/mol. The maximum absolute atomic E-state index is 12.3. The summed E-state index contributed by atoms with van der Waals surface area (Å²) in [5, 5.41) is 0. The zero-order valence-corrected chi connectivity index (χ0v) is 7.81. The fourth-order valence-corrected chi connectivity index (χ4v) is 1.45. The van der Waals surface area contributed by atoms with Crippen LogP contribution in [0.3, 0.4) is 0 Å². The van der Waals surface area contributed by atoms with Gasteiger partial charge in [-0.2, -0.15) is 13.2 Å². The predicted molar refractivity (Wildman–Crippen MR) is 50.2 cm³/mol. The number of anilines is 1. The number of nitrogens with one attached hydrogen (secondary N) is 1. The first-order chi connectivity index (χ1) is 6.88. The van der Waals surface area contributed by atoms with Gasteiger partial charge in [0.1, 0.15) is 0 Å². The number of fused-ring (bicyclic) bond motifs is 1. The second-order valence-corrected chi connectivity index (χ2v) is 3.32. The molecule has 6 heteroatoms. The number of imidazole rings is 1. The molecule has 2 aromatic rings. The van der Waals surface area contributed by atoms with Crippen LogP contribution in [-0.2, 0) is 6.18 Å². The standard InChI is InChI=1S/C9H8F3N3/c1-4-2-5(13)3-6-7(4)15-8(14-6)9(10,11)12/h2-3H,13H2,1H3,(H,14,15). The summed E-state index contributed by atoms with van der Waals surface area (Å²) in [6, 6.07) is 3.01. The summed E-state index contributed by atoms with van der Waals surface area (Å²) in [6.45, 7) is 1.68. The summed E-state index contributed by atoms with van der Waals surface area (Å²) in [6.07, 6.45) is -4.46. The molecule has 0 aliphatic carbocycles. The van der Waals surface area contributed by atoms with Gasteiger partial charge in [0, 0.05) is 5.69 Å². The normalized spacial score (nSPS) is 12.3. The number of hydrogen-bond acceptors (Lipinski definition) is 2. The lowest BCUT2D eigenvalue weighted by Crippen LogP contribution is -2.06. The fraction of sp³-hybridized carbons (Fsp3) is 0.222. The smallest absolute Gasteiger partial charge is 0.399 e. The Morgan fingerprint density at radius 1 is 1.33 bits per heavy atom. The van der Waals surface area contributed by atoms with Gasteiger partial charge in [0.05, 0.1) is 11.0 Å². The minimum Gasteiger partial charge on any atom is -0.399 e. The van der Waals surface area contributed by atoms with E-state index in [0.29, 0.717) is 16.8 Å². The second-order valence-electron chi connectivity index (χ2n) is 3.32. The summed E-state index contributed by atoms with van der Waals surface area (Å²) >= 11 is 0. The van der Waals surface area contributed by atoms with Crippen LogP contribution < -0.4 is 5.73 Å². The molecule has 3 N–H and O–H groups in total. The topological polar surface area (TPSA) is 54.7 Å². The molecule has 0 bridgehead atoms. The minimum atomic E-state index is -4.46. The number of aromatic nitrogens is 2. The van der Waals surface area contributed by atoms with Crippen LogP contribution in [0.4, 0.5) is 18.9 Å². The summed E-state index contributed by atoms with van der Waals surface area (Å²) < 4.78 is 37.0. The van der Waals surface area contributed by atoms with Crippen LogP contribution in [0.1, 0.15) is 11.4 Å². The van der Waals surface area contributed by atoms with E-state index in [0.717, 1.165) is 0 Å². The molecule has 0 radical (unpaired) electrons. The molecule has 0 amide bonds. The summed E-state index contributed by atoms with van der Waals surface area (Å²) in [4.78, 5) is 5.68. The van der Waals surface area contributed by atoms with E-state index in [2.05, 4.69) is 9.97 Å². The molecule has 15 heavy (non-hydrogen) atoms. The van der Waals surface area contributed by atoms with E-state index in [4.69, 9.17) is 5.73 Å². The first kappa shape index (κ1) is 9.82. The molecule has 1 aromatic heterocycles. The predicted octanol–water partition coefficient (Wildman–Crippen LogP) is 2.47. The lowest BCUT2D eigenvalue weighted by atomic mass is 10.2. The van der Waals surface area contributed by atoms with Crippen LogP contribution in [-0.4, -0.2) is 9.97 Å². The first-order valence-corrected chi connectivity index (χ1v) is 4.21. The number of aryl methyl sites for hydroxylation is 1. The maximum atomic E-state index is 12.3. The molecule has 2 rings (SSSR count). The first-order valence-electron chi connectivity index (χ1n) is 4.21. The molecule has 0 fully saturated rings. The van der Waals surface area contributed by atoms with Crippen LogP contribution in [0.5, 0.6) is 0 Å². The number of benzene rings is 1. The van der Waals surface area contributed by atoms with Crippen LogP contribution in [0.25, 0.3) is 11.0 Å². The number of hydrogen-bond donors (Lipinski definition) is 2. The molecular formula is C9H8F3N3. The molecule has 0 aliphatic rings. The highest BCUT2D eigenvalue weighted by molar-refractivity contribution is 5.82. The number of H-pyrrole nitrogens is 1. The summed E-state index contributed by atoms with van der Waals surface area (Å²) in [7, 11) is 0. The van der Waals surface area contributed by atoms with Crippen molar-refractivity contribution in [1.29, 1.82) is 0 Å². The molecule has 1 heterocycles. The third-order valence-corrected chi connectivity index (χ3v) is 2.08. The van der Waals surface area contributed by atoms with Gasteiger partial charge in [0.2, 0.25) is 5.82 Å². The Kier molecular flexibility index (Phi) is 1.89. The molecule has 0 saturated heterocycles. The van der Waals surface area contributed by atoms with Crippen LogP contribution in [0, 0.1) is 6.92 Å². The van der Waals surface area contributed by atoms with E-state index in [1.807, 2.05) is 0 Å². The van der Waals surface area contributed by atoms with Crippen molar-refractivity contribution in [3.8, 4) is 0 Å². The van der Waals surface area contributed by atoms with Crippen molar-refractivity contribution in [3.05, 3.63) is 23.5 Å². The zero-order valence-electron chi connectivity index (χ0n) is 7.81. The highest BCUT2D eigenvalue weighted by atomic mass is 19.4. The third kappa shape index (κ3) is 1.62. The number of nitrogens with two attached hydrogens (primary N) is 1. The molecular weight excluding hydrogens is 207 g/mol. The average Bonchev–Trinajstić information content (AvgIpc) is 2.46. The fourth-order valence-electron chi connectivity index (χ4n) is 1.45. The van der Waals surface area contributed by atoms with Crippen molar-refractivity contribution in [1.82, 2.24) is 9.97 Å². The van der Waals surface area contributed by atoms with E-state index in [1.165, 1.54) is 6.07 Å². The van der Waals surface area contributed by atoms with Crippen LogP contribution in [0.15, 0.2) is 12.1 Å². The molecule has 3 nitrogen and oxygen atoms in total. The van der Waals surface area contributed by atoms with Gasteiger partial charge in [-0.15, -0.1) is 0 Å². The largest absolute Gasteiger partial charge is 0.449 e. The van der Waals surface area contributed by atoms with Crippen molar-refractivity contribution in [2.45, 2.75) is 13.1 Å². The zero-order chi connectivity index (χ0) is 11.2. The third-order valence-electron chi connectivity index (χ3n) is 2.08. The van der Waals surface area contributed by atoms with E-state index in [-0.39, 0.29) is 5.52 Å². The Bertz CT molecular complexity index is 513. The van der Waals surface area contributed by atoms with Gasteiger partial charge in [-0.1, -0.05) is 0 Å². The van der Waals surface area contributed by atoms with Crippen molar-refractivity contribution >= 4 is 16.7 Å². The van der Waals surface area contributed by atoms with E-state index >= 15 is 0 Å². The molecule has 0 aliphatic heterocycles. The number of nitrogen functional groups attached to an aromatic ring is 1.